The summed E-state index contributed by atoms with van der Waals surface area (Å²) < 4.78 is 17.0. The summed E-state index contributed by atoms with van der Waals surface area (Å²) in [6, 6.07) is 21.1. The van der Waals surface area contributed by atoms with Crippen molar-refractivity contribution in [2.45, 2.75) is 51.8 Å². The van der Waals surface area contributed by atoms with E-state index in [1.807, 2.05) is 80.6 Å². The first-order valence-electron chi connectivity index (χ1n) is 12.4. The summed E-state index contributed by atoms with van der Waals surface area (Å²) in [5.41, 5.74) is 3.47. The number of nitrogens with zero attached hydrogens (tertiary/aromatic N) is 1. The minimum absolute atomic E-state index is 0.0575. The van der Waals surface area contributed by atoms with Crippen molar-refractivity contribution < 1.29 is 23.8 Å². The second-order valence-electron chi connectivity index (χ2n) is 9.08. The van der Waals surface area contributed by atoms with Crippen LogP contribution in [0.4, 0.5) is 5.69 Å². The van der Waals surface area contributed by atoms with Gasteiger partial charge < -0.3 is 24.4 Å². The lowest BCUT2D eigenvalue weighted by atomic mass is 9.95. The van der Waals surface area contributed by atoms with Gasteiger partial charge in [0.25, 0.3) is 5.91 Å². The third-order valence-electron chi connectivity index (χ3n) is 6.65. The zero-order valence-corrected chi connectivity index (χ0v) is 20.5. The van der Waals surface area contributed by atoms with Gasteiger partial charge in [-0.1, -0.05) is 50.2 Å². The van der Waals surface area contributed by atoms with Gasteiger partial charge in [0, 0.05) is 24.3 Å². The molecule has 2 heterocycles. The number of nitrogens with one attached hydrogen (secondary N) is 1. The maximum atomic E-state index is 13.3. The molecule has 0 spiro atoms. The van der Waals surface area contributed by atoms with Crippen LogP contribution in [-0.4, -0.2) is 29.6 Å². The number of hydrogen-bond acceptors (Lipinski definition) is 5. The van der Waals surface area contributed by atoms with E-state index in [1.165, 1.54) is 0 Å². The van der Waals surface area contributed by atoms with Gasteiger partial charge in [-0.15, -0.1) is 0 Å². The number of rotatable bonds is 7. The van der Waals surface area contributed by atoms with Crippen LogP contribution in [0.2, 0.25) is 0 Å². The highest BCUT2D eigenvalue weighted by molar-refractivity contribution is 5.96. The van der Waals surface area contributed by atoms with Gasteiger partial charge in [0.1, 0.15) is 5.75 Å². The summed E-state index contributed by atoms with van der Waals surface area (Å²) in [5, 5.41) is 3.06. The topological polar surface area (TPSA) is 77.1 Å². The molecule has 0 radical (unpaired) electrons. The van der Waals surface area contributed by atoms with Gasteiger partial charge in [0.15, 0.2) is 17.6 Å². The Kier molecular flexibility index (Phi) is 6.80. The highest BCUT2D eigenvalue weighted by atomic mass is 16.7. The van der Waals surface area contributed by atoms with Gasteiger partial charge >= 0.3 is 0 Å². The number of carbonyl (C=O) groups is 2. The second-order valence-corrected chi connectivity index (χ2v) is 9.08. The second kappa shape index (κ2) is 10.3. The Morgan fingerprint density at radius 3 is 2.56 bits per heavy atom. The van der Waals surface area contributed by atoms with E-state index in [1.54, 1.807) is 4.90 Å². The monoisotopic (exact) mass is 486 g/mol. The number of benzene rings is 3. The van der Waals surface area contributed by atoms with E-state index in [0.717, 1.165) is 16.7 Å². The SMILES string of the molecule is CC[C@H]1Oc2ccc(NC(=O)[C@H](CC)c3ccccc3)cc2CN(Cc2ccc3c(c2)OCO3)C1=O. The molecule has 7 heteroatoms. The highest BCUT2D eigenvalue weighted by Crippen LogP contribution is 2.34. The molecule has 0 unspecified atom stereocenters. The summed E-state index contributed by atoms with van der Waals surface area (Å²) in [6.45, 7) is 4.94. The molecule has 0 saturated heterocycles. The van der Waals surface area contributed by atoms with Crippen LogP contribution < -0.4 is 19.5 Å². The van der Waals surface area contributed by atoms with Crippen molar-refractivity contribution in [3.05, 3.63) is 83.4 Å². The molecule has 2 aliphatic heterocycles. The maximum absolute atomic E-state index is 13.3. The third kappa shape index (κ3) is 4.87. The minimum Gasteiger partial charge on any atom is -0.480 e. The molecular weight excluding hydrogens is 456 g/mol. The van der Waals surface area contributed by atoms with Gasteiger partial charge in [0.05, 0.1) is 5.92 Å². The average molecular weight is 487 g/mol. The van der Waals surface area contributed by atoms with Gasteiger partial charge in [-0.25, -0.2) is 0 Å². The summed E-state index contributed by atoms with van der Waals surface area (Å²) in [4.78, 5) is 28.2. The van der Waals surface area contributed by atoms with Crippen LogP contribution in [0.15, 0.2) is 66.7 Å². The Morgan fingerprint density at radius 1 is 1.00 bits per heavy atom. The summed E-state index contributed by atoms with van der Waals surface area (Å²) in [5.74, 6) is 1.70. The van der Waals surface area contributed by atoms with Crippen LogP contribution in [0.3, 0.4) is 0 Å². The fourth-order valence-corrected chi connectivity index (χ4v) is 4.73. The zero-order chi connectivity index (χ0) is 25.1. The predicted molar refractivity (Wildman–Crippen MR) is 136 cm³/mol. The first-order valence-corrected chi connectivity index (χ1v) is 12.4. The third-order valence-corrected chi connectivity index (χ3v) is 6.65. The van der Waals surface area contributed by atoms with E-state index in [0.29, 0.717) is 48.9 Å². The smallest absolute Gasteiger partial charge is 0.264 e. The lowest BCUT2D eigenvalue weighted by Gasteiger charge is -2.23. The van der Waals surface area contributed by atoms with Crippen LogP contribution in [0.25, 0.3) is 0 Å². The van der Waals surface area contributed by atoms with Gasteiger partial charge in [-0.3, -0.25) is 9.59 Å². The molecule has 3 aromatic rings. The van der Waals surface area contributed by atoms with E-state index >= 15 is 0 Å². The molecule has 36 heavy (non-hydrogen) atoms. The van der Waals surface area contributed by atoms with Crippen molar-refractivity contribution in [1.29, 1.82) is 0 Å². The Labute approximate surface area is 211 Å². The molecule has 0 bridgehead atoms. The largest absolute Gasteiger partial charge is 0.480 e. The van der Waals surface area contributed by atoms with Crippen LogP contribution in [-0.2, 0) is 22.7 Å². The summed E-state index contributed by atoms with van der Waals surface area (Å²) in [7, 11) is 0. The van der Waals surface area contributed by atoms with Crippen LogP contribution in [0.1, 0.15) is 49.3 Å². The van der Waals surface area contributed by atoms with Crippen molar-refractivity contribution in [2.75, 3.05) is 12.1 Å². The lowest BCUT2D eigenvalue weighted by molar-refractivity contribution is -0.139. The number of anilines is 1. The van der Waals surface area contributed by atoms with Gasteiger partial charge in [0.2, 0.25) is 12.7 Å². The van der Waals surface area contributed by atoms with Crippen molar-refractivity contribution >= 4 is 17.5 Å². The van der Waals surface area contributed by atoms with E-state index in [9.17, 15) is 9.59 Å². The predicted octanol–water partition coefficient (Wildman–Crippen LogP) is 5.25. The van der Waals surface area contributed by atoms with Crippen molar-refractivity contribution in [1.82, 2.24) is 4.90 Å². The van der Waals surface area contributed by atoms with E-state index in [4.69, 9.17) is 14.2 Å². The molecule has 0 saturated carbocycles. The Bertz CT molecular complexity index is 1260. The molecule has 5 rings (SSSR count). The molecule has 1 N–H and O–H groups in total. The van der Waals surface area contributed by atoms with Crippen LogP contribution in [0, 0.1) is 0 Å². The molecule has 2 aliphatic rings. The van der Waals surface area contributed by atoms with E-state index in [2.05, 4.69) is 5.32 Å². The number of hydrogen-bond donors (Lipinski definition) is 1. The van der Waals surface area contributed by atoms with Crippen molar-refractivity contribution in [3.63, 3.8) is 0 Å². The summed E-state index contributed by atoms with van der Waals surface area (Å²) >= 11 is 0. The first kappa shape index (κ1) is 23.7. The fraction of sp³-hybridized carbons (Fsp3) is 0.310. The molecule has 0 aromatic heterocycles. The number of ether oxygens (including phenoxy) is 3. The molecular formula is C29H30N2O5. The van der Waals surface area contributed by atoms with Crippen molar-refractivity contribution in [3.8, 4) is 17.2 Å². The molecule has 2 amide bonds. The highest BCUT2D eigenvalue weighted by Gasteiger charge is 2.30. The van der Waals surface area contributed by atoms with E-state index < -0.39 is 6.10 Å². The van der Waals surface area contributed by atoms with Crippen molar-refractivity contribution in [2.24, 2.45) is 0 Å². The van der Waals surface area contributed by atoms with E-state index in [-0.39, 0.29) is 24.5 Å². The quantitative estimate of drug-likeness (QED) is 0.494. The maximum Gasteiger partial charge on any atom is 0.264 e. The molecule has 186 valence electrons. The Morgan fingerprint density at radius 2 is 1.78 bits per heavy atom. The van der Waals surface area contributed by atoms with Gasteiger partial charge in [-0.2, -0.15) is 0 Å². The molecule has 0 aliphatic carbocycles. The first-order chi connectivity index (χ1) is 17.6. The molecule has 2 atom stereocenters. The van der Waals surface area contributed by atoms with Gasteiger partial charge in [-0.05, 0) is 54.3 Å². The normalized spacial score (nSPS) is 17.1. The minimum atomic E-state index is -0.566. The molecule has 0 fully saturated rings. The number of fused-ring (bicyclic) bond motifs is 2. The van der Waals surface area contributed by atoms with Crippen LogP contribution in [0.5, 0.6) is 17.2 Å². The Hall–Kier alpha value is -4.00. The fourth-order valence-electron chi connectivity index (χ4n) is 4.73. The zero-order valence-electron chi connectivity index (χ0n) is 20.5. The standard InChI is InChI=1S/C29H30N2O5/c1-3-23(20-8-6-5-7-9-20)28(32)30-22-11-13-25-21(15-22)17-31(29(33)24(4-2)36-25)16-19-10-12-26-27(14-19)35-18-34-26/h5-15,23-24H,3-4,16-18H2,1-2H3,(H,30,32)/t23-,24-/m1/s1. The van der Waals surface area contributed by atoms with Crippen LogP contribution >= 0.6 is 0 Å². The average Bonchev–Trinajstić information content (AvgIpc) is 3.31. The molecule has 3 aromatic carbocycles. The summed E-state index contributed by atoms with van der Waals surface area (Å²) in [6.07, 6.45) is 0.687. The lowest BCUT2D eigenvalue weighted by Crippen LogP contribution is -2.38. The Balaban J connectivity index is 1.37. The number of amides is 2. The molecule has 7 nitrogen and oxygen atoms in total. The number of carbonyl (C=O) groups excluding carboxylic acids is 2.